The summed E-state index contributed by atoms with van der Waals surface area (Å²) in [6, 6.07) is 8.87. The summed E-state index contributed by atoms with van der Waals surface area (Å²) in [6.07, 6.45) is 4.62. The molecule has 4 rings (SSSR count). The number of H-pyrrole nitrogens is 1. The van der Waals surface area contributed by atoms with Gasteiger partial charge in [-0.2, -0.15) is 0 Å². The van der Waals surface area contributed by atoms with Crippen molar-refractivity contribution in [2.75, 3.05) is 20.2 Å². The van der Waals surface area contributed by atoms with E-state index < -0.39 is 0 Å². The average Bonchev–Trinajstić information content (AvgIpc) is 3.24. The van der Waals surface area contributed by atoms with Crippen LogP contribution in [0.15, 0.2) is 35.5 Å². The number of fused-ring (bicyclic) bond motifs is 2. The van der Waals surface area contributed by atoms with Crippen LogP contribution in [0.25, 0.3) is 10.9 Å². The molecular formula is C20H28N4O. The standard InChI is InChI=1S/C20H28N4O/c1-20(2)17(15-9-11-25-18(15)20)24-19(21-3)22-10-8-13-12-23-16-7-5-4-6-14(13)16/h4-7,12,15,17-18,23H,8-11H2,1-3H3,(H2,21,22,24). The largest absolute Gasteiger partial charge is 0.377 e. The van der Waals surface area contributed by atoms with Gasteiger partial charge in [0.05, 0.1) is 6.10 Å². The Kier molecular flexibility index (Phi) is 4.20. The third-order valence-corrected chi connectivity index (χ3v) is 5.98. The Balaban J connectivity index is 1.34. The smallest absolute Gasteiger partial charge is 0.191 e. The van der Waals surface area contributed by atoms with Crippen molar-refractivity contribution in [2.45, 2.75) is 38.8 Å². The molecule has 3 atom stereocenters. The quantitative estimate of drug-likeness (QED) is 0.592. The Bertz CT molecular complexity index is 779. The van der Waals surface area contributed by atoms with Crippen molar-refractivity contribution in [1.29, 1.82) is 0 Å². The minimum atomic E-state index is 0.162. The summed E-state index contributed by atoms with van der Waals surface area (Å²) in [7, 11) is 1.84. The number of hydrogen-bond acceptors (Lipinski definition) is 2. The van der Waals surface area contributed by atoms with E-state index in [1.165, 1.54) is 16.5 Å². The Hall–Kier alpha value is -2.01. The van der Waals surface area contributed by atoms with Crippen LogP contribution in [0.4, 0.5) is 0 Å². The van der Waals surface area contributed by atoms with Crippen LogP contribution in [0.5, 0.6) is 0 Å². The number of ether oxygens (including phenoxy) is 1. The third-order valence-electron chi connectivity index (χ3n) is 5.98. The lowest BCUT2D eigenvalue weighted by molar-refractivity contribution is -0.106. The van der Waals surface area contributed by atoms with E-state index in [1.54, 1.807) is 0 Å². The van der Waals surface area contributed by atoms with E-state index in [4.69, 9.17) is 4.74 Å². The molecule has 2 aliphatic rings. The molecule has 25 heavy (non-hydrogen) atoms. The molecule has 1 aliphatic carbocycles. The summed E-state index contributed by atoms with van der Waals surface area (Å²) in [4.78, 5) is 7.76. The van der Waals surface area contributed by atoms with E-state index in [2.05, 4.69) is 64.9 Å². The second kappa shape index (κ2) is 6.37. The molecule has 3 N–H and O–H groups in total. The summed E-state index contributed by atoms with van der Waals surface area (Å²) >= 11 is 0. The van der Waals surface area contributed by atoms with Crippen LogP contribution < -0.4 is 10.6 Å². The van der Waals surface area contributed by atoms with E-state index in [0.29, 0.717) is 18.1 Å². The molecule has 1 aliphatic heterocycles. The summed E-state index contributed by atoms with van der Waals surface area (Å²) in [5.41, 5.74) is 2.70. The Morgan fingerprint density at radius 3 is 3.04 bits per heavy atom. The van der Waals surface area contributed by atoms with Crippen molar-refractivity contribution in [3.05, 3.63) is 36.0 Å². The number of aliphatic imine (C=N–C) groups is 1. The zero-order chi connectivity index (χ0) is 17.4. The first-order chi connectivity index (χ1) is 12.1. The van der Waals surface area contributed by atoms with Crippen LogP contribution in [0.2, 0.25) is 0 Å². The van der Waals surface area contributed by atoms with Crippen LogP contribution in [0.1, 0.15) is 25.8 Å². The topological polar surface area (TPSA) is 61.4 Å². The number of aromatic nitrogens is 1. The Morgan fingerprint density at radius 2 is 2.20 bits per heavy atom. The van der Waals surface area contributed by atoms with Gasteiger partial charge in [0.15, 0.2) is 5.96 Å². The summed E-state index contributed by atoms with van der Waals surface area (Å²) < 4.78 is 5.88. The van der Waals surface area contributed by atoms with Gasteiger partial charge < -0.3 is 20.4 Å². The number of benzene rings is 1. The monoisotopic (exact) mass is 340 g/mol. The second-order valence-corrected chi connectivity index (χ2v) is 7.80. The van der Waals surface area contributed by atoms with Gasteiger partial charge in [-0.05, 0) is 24.5 Å². The first kappa shape index (κ1) is 16.5. The molecule has 1 aromatic carbocycles. The maximum Gasteiger partial charge on any atom is 0.191 e. The molecule has 1 saturated heterocycles. The summed E-state index contributed by atoms with van der Waals surface area (Å²) in [5.74, 6) is 1.51. The fourth-order valence-electron chi connectivity index (χ4n) is 4.61. The average molecular weight is 340 g/mol. The first-order valence-electron chi connectivity index (χ1n) is 9.25. The molecule has 1 saturated carbocycles. The fraction of sp³-hybridized carbons (Fsp3) is 0.550. The highest BCUT2D eigenvalue weighted by molar-refractivity contribution is 5.83. The number of rotatable bonds is 4. The molecule has 2 aromatic rings. The van der Waals surface area contributed by atoms with Crippen molar-refractivity contribution in [1.82, 2.24) is 15.6 Å². The van der Waals surface area contributed by atoms with Gasteiger partial charge >= 0.3 is 0 Å². The minimum Gasteiger partial charge on any atom is -0.377 e. The van der Waals surface area contributed by atoms with Crippen molar-refractivity contribution in [3.63, 3.8) is 0 Å². The number of nitrogens with one attached hydrogen (secondary N) is 3. The highest BCUT2D eigenvalue weighted by Gasteiger charge is 2.59. The van der Waals surface area contributed by atoms with Crippen LogP contribution in [0, 0.1) is 11.3 Å². The number of aromatic amines is 1. The zero-order valence-corrected chi connectivity index (χ0v) is 15.3. The van der Waals surface area contributed by atoms with E-state index in [0.717, 1.165) is 32.0 Å². The van der Waals surface area contributed by atoms with E-state index >= 15 is 0 Å². The van der Waals surface area contributed by atoms with E-state index in [9.17, 15) is 0 Å². The lowest BCUT2D eigenvalue weighted by Crippen LogP contribution is -2.68. The van der Waals surface area contributed by atoms with Crippen LogP contribution >= 0.6 is 0 Å². The van der Waals surface area contributed by atoms with Gasteiger partial charge in [0.25, 0.3) is 0 Å². The fourth-order valence-corrected chi connectivity index (χ4v) is 4.61. The molecular weight excluding hydrogens is 312 g/mol. The minimum absolute atomic E-state index is 0.162. The molecule has 5 nitrogen and oxygen atoms in total. The van der Waals surface area contributed by atoms with E-state index in [-0.39, 0.29) is 5.41 Å². The molecule has 0 radical (unpaired) electrons. The van der Waals surface area contributed by atoms with Gasteiger partial charge in [-0.25, -0.2) is 0 Å². The predicted molar refractivity (Wildman–Crippen MR) is 102 cm³/mol. The SMILES string of the molecule is CN=C(NCCc1c[nH]c2ccccc12)NC1C2CCOC2C1(C)C. The molecule has 0 bridgehead atoms. The normalized spacial score (nSPS) is 27.8. The molecule has 0 spiro atoms. The van der Waals surface area contributed by atoms with Gasteiger partial charge in [0.1, 0.15) is 0 Å². The third kappa shape index (κ3) is 2.80. The molecule has 134 valence electrons. The van der Waals surface area contributed by atoms with Gasteiger partial charge in [0, 0.05) is 54.7 Å². The Morgan fingerprint density at radius 1 is 1.36 bits per heavy atom. The number of para-hydroxylation sites is 1. The Labute approximate surface area is 149 Å². The molecule has 0 amide bonds. The molecule has 2 fully saturated rings. The van der Waals surface area contributed by atoms with Gasteiger partial charge in [0.2, 0.25) is 0 Å². The van der Waals surface area contributed by atoms with E-state index in [1.807, 2.05) is 7.05 Å². The summed E-state index contributed by atoms with van der Waals surface area (Å²) in [6.45, 7) is 6.33. The van der Waals surface area contributed by atoms with Gasteiger partial charge in [-0.15, -0.1) is 0 Å². The number of guanidine groups is 1. The highest BCUT2D eigenvalue weighted by Crippen LogP contribution is 2.52. The van der Waals surface area contributed by atoms with Crippen molar-refractivity contribution in [3.8, 4) is 0 Å². The molecule has 2 heterocycles. The van der Waals surface area contributed by atoms with Crippen LogP contribution in [-0.4, -0.2) is 43.3 Å². The highest BCUT2D eigenvalue weighted by atomic mass is 16.5. The maximum atomic E-state index is 5.88. The molecule has 5 heteroatoms. The lowest BCUT2D eigenvalue weighted by atomic mass is 9.57. The van der Waals surface area contributed by atoms with Crippen molar-refractivity contribution in [2.24, 2.45) is 16.3 Å². The van der Waals surface area contributed by atoms with Crippen LogP contribution in [-0.2, 0) is 11.2 Å². The number of hydrogen-bond donors (Lipinski definition) is 3. The van der Waals surface area contributed by atoms with Gasteiger partial charge in [-0.1, -0.05) is 32.0 Å². The van der Waals surface area contributed by atoms with Crippen molar-refractivity contribution < 1.29 is 4.74 Å². The second-order valence-electron chi connectivity index (χ2n) is 7.80. The first-order valence-corrected chi connectivity index (χ1v) is 9.25. The molecule has 1 aromatic heterocycles. The van der Waals surface area contributed by atoms with Gasteiger partial charge in [-0.3, -0.25) is 4.99 Å². The summed E-state index contributed by atoms with van der Waals surface area (Å²) in [5, 5.41) is 8.41. The maximum absolute atomic E-state index is 5.88. The van der Waals surface area contributed by atoms with Crippen molar-refractivity contribution >= 4 is 16.9 Å². The van der Waals surface area contributed by atoms with Crippen LogP contribution in [0.3, 0.4) is 0 Å². The number of nitrogens with zero attached hydrogens (tertiary/aromatic N) is 1. The predicted octanol–water partition coefficient (Wildman–Crippen LogP) is 2.69. The lowest BCUT2D eigenvalue weighted by Gasteiger charge is -2.54. The zero-order valence-electron chi connectivity index (χ0n) is 15.3. The molecule has 3 unspecified atom stereocenters.